The van der Waals surface area contributed by atoms with Gasteiger partial charge < -0.3 is 9.32 Å². The lowest BCUT2D eigenvalue weighted by Gasteiger charge is -2.22. The van der Waals surface area contributed by atoms with Crippen molar-refractivity contribution in [3.05, 3.63) is 54.0 Å². The molecule has 0 saturated carbocycles. The average molecular weight is 376 g/mol. The molecule has 0 spiro atoms. The van der Waals surface area contributed by atoms with E-state index in [4.69, 9.17) is 4.42 Å². The molecule has 1 saturated heterocycles. The lowest BCUT2D eigenvalue weighted by Crippen LogP contribution is -2.37. The van der Waals surface area contributed by atoms with E-state index in [0.717, 1.165) is 11.3 Å². The Bertz CT molecular complexity index is 829. The maximum atomic E-state index is 12.8. The second-order valence-electron chi connectivity index (χ2n) is 6.53. The minimum absolute atomic E-state index is 0.0379. The van der Waals surface area contributed by atoms with E-state index in [1.165, 1.54) is 4.31 Å². The second kappa shape index (κ2) is 8.05. The van der Waals surface area contributed by atoms with Gasteiger partial charge in [0.2, 0.25) is 15.9 Å². The largest absolute Gasteiger partial charge is 0.469 e. The molecule has 26 heavy (non-hydrogen) atoms. The second-order valence-corrected chi connectivity index (χ2v) is 8.47. The van der Waals surface area contributed by atoms with Gasteiger partial charge in [-0.25, -0.2) is 8.42 Å². The van der Waals surface area contributed by atoms with Crippen LogP contribution in [0.4, 0.5) is 0 Å². The Labute approximate surface area is 154 Å². The van der Waals surface area contributed by atoms with Crippen molar-refractivity contribution in [1.82, 2.24) is 9.21 Å². The van der Waals surface area contributed by atoms with Gasteiger partial charge in [-0.3, -0.25) is 4.79 Å². The Balaban J connectivity index is 1.60. The van der Waals surface area contributed by atoms with Crippen molar-refractivity contribution < 1.29 is 17.6 Å². The third-order valence-electron chi connectivity index (χ3n) is 4.63. The van der Waals surface area contributed by atoms with Crippen LogP contribution < -0.4 is 0 Å². The van der Waals surface area contributed by atoms with Crippen LogP contribution in [0.1, 0.15) is 24.2 Å². The van der Waals surface area contributed by atoms with E-state index in [1.807, 2.05) is 13.0 Å². The predicted molar refractivity (Wildman–Crippen MR) is 98.2 cm³/mol. The fourth-order valence-corrected chi connectivity index (χ4v) is 4.56. The van der Waals surface area contributed by atoms with Crippen molar-refractivity contribution in [2.45, 2.75) is 31.1 Å². The first-order valence-electron chi connectivity index (χ1n) is 8.84. The van der Waals surface area contributed by atoms with Gasteiger partial charge in [-0.05, 0) is 37.6 Å². The number of amides is 1. The summed E-state index contributed by atoms with van der Waals surface area (Å²) in [7, 11) is -3.52. The number of furan rings is 1. The first-order chi connectivity index (χ1) is 12.5. The standard InChI is InChI=1S/C19H24N2O4S/c1-16-5-8-18(9-6-16)26(23,24)21-12-3-11-20(13-14-21)19(22)10-7-17-4-2-15-25-17/h2,4-6,8-9,15H,3,7,10-14H2,1H3. The normalized spacial score (nSPS) is 16.4. The molecule has 1 fully saturated rings. The topological polar surface area (TPSA) is 70.8 Å². The number of rotatable bonds is 5. The fourth-order valence-electron chi connectivity index (χ4n) is 3.09. The summed E-state index contributed by atoms with van der Waals surface area (Å²) in [6, 6.07) is 10.5. The van der Waals surface area contributed by atoms with Crippen LogP contribution >= 0.6 is 0 Å². The lowest BCUT2D eigenvalue weighted by atomic mass is 10.2. The molecule has 2 aromatic rings. The number of sulfonamides is 1. The molecule has 3 rings (SSSR count). The van der Waals surface area contributed by atoms with Crippen molar-refractivity contribution in [1.29, 1.82) is 0 Å². The average Bonchev–Trinajstić information content (AvgIpc) is 3.01. The molecule has 1 aliphatic heterocycles. The summed E-state index contributed by atoms with van der Waals surface area (Å²) >= 11 is 0. The monoisotopic (exact) mass is 376 g/mol. The fraction of sp³-hybridized carbons (Fsp3) is 0.421. The highest BCUT2D eigenvalue weighted by Crippen LogP contribution is 2.19. The summed E-state index contributed by atoms with van der Waals surface area (Å²) in [4.78, 5) is 14.5. The van der Waals surface area contributed by atoms with Gasteiger partial charge in [0, 0.05) is 39.0 Å². The van der Waals surface area contributed by atoms with E-state index in [-0.39, 0.29) is 5.91 Å². The Morgan fingerprint density at radius 1 is 1.08 bits per heavy atom. The van der Waals surface area contributed by atoms with E-state index in [1.54, 1.807) is 41.5 Å². The van der Waals surface area contributed by atoms with Crippen LogP contribution in [-0.2, 0) is 21.2 Å². The molecule has 0 aliphatic carbocycles. The maximum absolute atomic E-state index is 12.8. The molecule has 2 heterocycles. The lowest BCUT2D eigenvalue weighted by molar-refractivity contribution is -0.131. The number of hydrogen-bond acceptors (Lipinski definition) is 4. The van der Waals surface area contributed by atoms with E-state index < -0.39 is 10.0 Å². The van der Waals surface area contributed by atoms with Gasteiger partial charge in [-0.2, -0.15) is 4.31 Å². The molecule has 0 atom stereocenters. The zero-order valence-corrected chi connectivity index (χ0v) is 15.7. The van der Waals surface area contributed by atoms with E-state index in [0.29, 0.717) is 50.3 Å². The van der Waals surface area contributed by atoms with E-state index in [9.17, 15) is 13.2 Å². The first kappa shape index (κ1) is 18.7. The van der Waals surface area contributed by atoms with Crippen LogP contribution in [0.25, 0.3) is 0 Å². The predicted octanol–water partition coefficient (Wildman–Crippen LogP) is 2.44. The molecule has 1 aromatic heterocycles. The van der Waals surface area contributed by atoms with Gasteiger partial charge in [-0.15, -0.1) is 0 Å². The molecule has 0 bridgehead atoms. The minimum Gasteiger partial charge on any atom is -0.469 e. The number of carbonyl (C=O) groups excluding carboxylic acids is 1. The molecule has 0 radical (unpaired) electrons. The molecule has 1 aromatic carbocycles. The highest BCUT2D eigenvalue weighted by molar-refractivity contribution is 7.89. The van der Waals surface area contributed by atoms with Crippen LogP contribution in [0.3, 0.4) is 0 Å². The van der Waals surface area contributed by atoms with Crippen molar-refractivity contribution >= 4 is 15.9 Å². The third-order valence-corrected chi connectivity index (χ3v) is 6.54. The Morgan fingerprint density at radius 2 is 1.85 bits per heavy atom. The maximum Gasteiger partial charge on any atom is 0.243 e. The molecule has 140 valence electrons. The van der Waals surface area contributed by atoms with Gasteiger partial charge in [0.15, 0.2) is 0 Å². The van der Waals surface area contributed by atoms with Crippen molar-refractivity contribution in [2.75, 3.05) is 26.2 Å². The quantitative estimate of drug-likeness (QED) is 0.804. The molecular formula is C19H24N2O4S. The molecule has 1 amide bonds. The summed E-state index contributed by atoms with van der Waals surface area (Å²) in [5.74, 6) is 0.827. The first-order valence-corrected chi connectivity index (χ1v) is 10.3. The number of aryl methyl sites for hydroxylation is 2. The van der Waals surface area contributed by atoms with Gasteiger partial charge >= 0.3 is 0 Å². The van der Waals surface area contributed by atoms with Crippen LogP contribution in [0.15, 0.2) is 52.0 Å². The van der Waals surface area contributed by atoms with Gasteiger partial charge in [0.05, 0.1) is 11.2 Å². The van der Waals surface area contributed by atoms with Gasteiger partial charge in [0.25, 0.3) is 0 Å². The highest BCUT2D eigenvalue weighted by Gasteiger charge is 2.28. The molecule has 6 nitrogen and oxygen atoms in total. The molecule has 7 heteroatoms. The van der Waals surface area contributed by atoms with Gasteiger partial charge in [0.1, 0.15) is 5.76 Å². The summed E-state index contributed by atoms with van der Waals surface area (Å²) < 4.78 is 32.4. The SMILES string of the molecule is Cc1ccc(S(=O)(=O)N2CCCN(C(=O)CCc3ccco3)CC2)cc1. The Kier molecular flexibility index (Phi) is 5.78. The zero-order chi connectivity index (χ0) is 18.6. The van der Waals surface area contributed by atoms with Crippen molar-refractivity contribution in [3.63, 3.8) is 0 Å². The third kappa shape index (κ3) is 4.34. The summed E-state index contributed by atoms with van der Waals surface area (Å²) in [6.07, 6.45) is 3.17. The summed E-state index contributed by atoms with van der Waals surface area (Å²) in [5, 5.41) is 0. The van der Waals surface area contributed by atoms with Crippen LogP contribution in [0, 0.1) is 6.92 Å². The summed E-state index contributed by atoms with van der Waals surface area (Å²) in [6.45, 7) is 3.68. The van der Waals surface area contributed by atoms with Crippen molar-refractivity contribution in [2.24, 2.45) is 0 Å². The number of carbonyl (C=O) groups is 1. The van der Waals surface area contributed by atoms with Crippen LogP contribution in [0.2, 0.25) is 0 Å². The Hall–Kier alpha value is -2.12. The highest BCUT2D eigenvalue weighted by atomic mass is 32.2. The van der Waals surface area contributed by atoms with Gasteiger partial charge in [-0.1, -0.05) is 17.7 Å². The molecule has 0 unspecified atom stereocenters. The molecule has 1 aliphatic rings. The number of nitrogens with zero attached hydrogens (tertiary/aromatic N) is 2. The molecular weight excluding hydrogens is 352 g/mol. The zero-order valence-electron chi connectivity index (χ0n) is 14.9. The van der Waals surface area contributed by atoms with Crippen molar-refractivity contribution in [3.8, 4) is 0 Å². The van der Waals surface area contributed by atoms with Crippen LogP contribution in [0.5, 0.6) is 0 Å². The minimum atomic E-state index is -3.52. The number of benzene rings is 1. The number of hydrogen-bond donors (Lipinski definition) is 0. The van der Waals surface area contributed by atoms with Crippen LogP contribution in [-0.4, -0.2) is 49.7 Å². The smallest absolute Gasteiger partial charge is 0.243 e. The van der Waals surface area contributed by atoms with E-state index in [2.05, 4.69) is 0 Å². The van der Waals surface area contributed by atoms with E-state index >= 15 is 0 Å². The summed E-state index contributed by atoms with van der Waals surface area (Å²) in [5.41, 5.74) is 1.02. The Morgan fingerprint density at radius 3 is 2.54 bits per heavy atom. The molecule has 0 N–H and O–H groups in total.